The van der Waals surface area contributed by atoms with Gasteiger partial charge in [0.25, 0.3) is 0 Å². The molecule has 0 aromatic rings. The van der Waals surface area contributed by atoms with Gasteiger partial charge in [0.05, 0.1) is 70.2 Å². The number of fused-ring (bicyclic) bond motifs is 11. The van der Waals surface area contributed by atoms with Gasteiger partial charge in [0.2, 0.25) is 0 Å². The molecule has 0 aromatic carbocycles. The van der Waals surface area contributed by atoms with E-state index in [9.17, 15) is 55.5 Å². The van der Waals surface area contributed by atoms with Crippen LogP contribution in [0.5, 0.6) is 0 Å². The van der Waals surface area contributed by atoms with Gasteiger partial charge in [-0.15, -0.1) is 0 Å². The third kappa shape index (κ3) is 9.44. The van der Waals surface area contributed by atoms with Crippen LogP contribution < -0.4 is 0 Å². The van der Waals surface area contributed by atoms with E-state index in [0.29, 0.717) is 83.7 Å². The van der Waals surface area contributed by atoms with Crippen LogP contribution in [-0.4, -0.2) is 146 Å². The normalized spacial score (nSPS) is 47.6. The Balaban J connectivity index is 0.000000186. The van der Waals surface area contributed by atoms with Gasteiger partial charge in [0.1, 0.15) is 6.61 Å². The number of epoxide rings is 1. The number of allylic oxidation sites excluding steroid dienone is 2. The standard InChI is InChI=1S/C31H50O8.C30H48O7/c1-7-30(17-38-30)39-25(10-11-26(2,3)35)29(6,36)24-9-13-31(37)19-14-21(32)20-15-22(33)23(34)16-27(20,4)18(19)8-12-28(24,31)5;1-25(2,33)11-10-24(32)29(7,34)23-9-13-30(35)18-14-20(31)19-15-21-22(37-26(3,4)36-21)16-27(19,5)17(18)8-12-28(23,30)6/h14,18,20,22-25,33-37H,7-13,15-17H2,1-6H3;14,17,19,21-24,32-35H,8-13,15-16H2,1-7H3/t18?,20?,22-,23+,24?,25-,27?,28?,29-,30?,31-;17?,19?,21-,22+,23?,24-,27?,28?,29-,30-/m11/s1. The Kier molecular flexibility index (Phi) is 14.7. The van der Waals surface area contributed by atoms with E-state index in [1.807, 2.05) is 41.5 Å². The summed E-state index contributed by atoms with van der Waals surface area (Å²) in [5.41, 5.74) is -7.75. The molecule has 8 aliphatic carbocycles. The highest BCUT2D eigenvalue weighted by atomic mass is 16.8. The van der Waals surface area contributed by atoms with Crippen molar-refractivity contribution >= 4 is 11.6 Å². The van der Waals surface area contributed by atoms with E-state index in [2.05, 4.69) is 6.92 Å². The summed E-state index contributed by atoms with van der Waals surface area (Å²) < 4.78 is 24.5. The second-order valence-electron chi connectivity index (χ2n) is 29.6. The first-order chi connectivity index (χ1) is 34.8. The van der Waals surface area contributed by atoms with E-state index < -0.39 is 85.8 Å². The number of aliphatic hydroxyl groups is 9. The first-order valence-corrected chi connectivity index (χ1v) is 29.3. The van der Waals surface area contributed by atoms with Crippen molar-refractivity contribution in [3.8, 4) is 0 Å². The Morgan fingerprint density at radius 3 is 1.58 bits per heavy atom. The molecule has 11 unspecified atom stereocenters. The smallest absolute Gasteiger partial charge is 0.192 e. The summed E-state index contributed by atoms with van der Waals surface area (Å²) in [6.45, 7) is 25.0. The number of carbonyl (C=O) groups is 2. The van der Waals surface area contributed by atoms with Crippen LogP contribution in [0.3, 0.4) is 0 Å². The van der Waals surface area contributed by atoms with Crippen molar-refractivity contribution in [1.29, 1.82) is 0 Å². The maximum absolute atomic E-state index is 13.6. The van der Waals surface area contributed by atoms with Crippen molar-refractivity contribution in [2.75, 3.05) is 6.61 Å². The number of aliphatic hydroxyl groups excluding tert-OH is 3. The van der Waals surface area contributed by atoms with E-state index >= 15 is 0 Å². The third-order valence-electron chi connectivity index (χ3n) is 23.2. The van der Waals surface area contributed by atoms with Crippen LogP contribution in [0.4, 0.5) is 0 Å². The van der Waals surface area contributed by atoms with Crippen LogP contribution in [0.15, 0.2) is 23.3 Å². The molecule has 0 radical (unpaired) electrons. The average molecular weight is 1070 g/mol. The summed E-state index contributed by atoms with van der Waals surface area (Å²) in [6, 6.07) is 0. The minimum Gasteiger partial charge on any atom is -0.390 e. The molecule has 6 saturated carbocycles. The Morgan fingerprint density at radius 1 is 0.632 bits per heavy atom. The molecule has 0 amide bonds. The minimum absolute atomic E-state index is 0.0605. The predicted octanol–water partition coefficient (Wildman–Crippen LogP) is 6.67. The molecule has 15 heteroatoms. The maximum Gasteiger partial charge on any atom is 0.192 e. The molecule has 21 atom stereocenters. The lowest BCUT2D eigenvalue weighted by Crippen LogP contribution is -2.63. The van der Waals surface area contributed by atoms with Gasteiger partial charge in [-0.25, -0.2) is 0 Å². The van der Waals surface area contributed by atoms with Crippen LogP contribution in [0.1, 0.15) is 199 Å². The first-order valence-electron chi connectivity index (χ1n) is 29.3. The highest BCUT2D eigenvalue weighted by Gasteiger charge is 2.72. The van der Waals surface area contributed by atoms with Gasteiger partial charge < -0.3 is 64.9 Å². The highest BCUT2D eigenvalue weighted by molar-refractivity contribution is 5.95. The summed E-state index contributed by atoms with van der Waals surface area (Å²) in [7, 11) is 0. The van der Waals surface area contributed by atoms with Crippen molar-refractivity contribution in [1.82, 2.24) is 0 Å². The lowest BCUT2D eigenvalue weighted by atomic mass is 9.45. The van der Waals surface area contributed by atoms with Gasteiger partial charge in [0.15, 0.2) is 23.1 Å². The molecular weight excluding hydrogens is 973 g/mol. The van der Waals surface area contributed by atoms with Crippen molar-refractivity contribution < 1.29 is 74.5 Å². The quantitative estimate of drug-likeness (QED) is 0.0874. The number of hydrogen-bond acceptors (Lipinski definition) is 15. The van der Waals surface area contributed by atoms with Gasteiger partial charge in [-0.05, 0) is 216 Å². The number of rotatable bonds is 13. The zero-order chi connectivity index (χ0) is 56.2. The summed E-state index contributed by atoms with van der Waals surface area (Å²) in [5, 5.41) is 102. The lowest BCUT2D eigenvalue weighted by molar-refractivity contribution is -0.215. The van der Waals surface area contributed by atoms with Gasteiger partial charge in [-0.1, -0.05) is 34.6 Å². The molecule has 0 aromatic heterocycles. The van der Waals surface area contributed by atoms with Crippen LogP contribution >= 0.6 is 0 Å². The molecule has 10 aliphatic rings. The molecule has 15 nitrogen and oxygen atoms in total. The van der Waals surface area contributed by atoms with Gasteiger partial charge in [-0.2, -0.15) is 0 Å². The Hall–Kier alpha value is -1.70. The van der Waals surface area contributed by atoms with Crippen LogP contribution in [-0.2, 0) is 28.5 Å². The average Bonchev–Trinajstić information content (AvgIpc) is 3.81. The fraction of sp³-hybridized carbons (Fsp3) is 0.902. The van der Waals surface area contributed by atoms with Crippen LogP contribution in [0.25, 0.3) is 0 Å². The molecule has 432 valence electrons. The number of hydrogen-bond donors (Lipinski definition) is 9. The fourth-order valence-electron chi connectivity index (χ4n) is 18.5. The Labute approximate surface area is 452 Å². The number of carbonyl (C=O) groups excluding carboxylic acids is 2. The third-order valence-corrected chi connectivity index (χ3v) is 23.2. The van der Waals surface area contributed by atoms with Crippen molar-refractivity contribution in [3.63, 3.8) is 0 Å². The predicted molar refractivity (Wildman–Crippen MR) is 283 cm³/mol. The molecule has 76 heavy (non-hydrogen) atoms. The molecule has 0 bridgehead atoms. The summed E-state index contributed by atoms with van der Waals surface area (Å²) in [6.07, 6.45) is 8.86. The Morgan fingerprint density at radius 2 is 1.09 bits per heavy atom. The first kappa shape index (κ1) is 58.9. The lowest BCUT2D eigenvalue weighted by Gasteiger charge is -2.60. The molecule has 8 fully saturated rings. The molecule has 2 saturated heterocycles. The molecule has 9 N–H and O–H groups in total. The van der Waals surface area contributed by atoms with Crippen LogP contribution in [0.2, 0.25) is 0 Å². The second kappa shape index (κ2) is 18.9. The summed E-state index contributed by atoms with van der Waals surface area (Å²) in [5.74, 6) is -2.57. The summed E-state index contributed by atoms with van der Waals surface area (Å²) >= 11 is 0. The molecule has 2 heterocycles. The van der Waals surface area contributed by atoms with Crippen molar-refractivity contribution in [2.24, 2.45) is 57.2 Å². The van der Waals surface area contributed by atoms with E-state index in [1.165, 1.54) is 0 Å². The van der Waals surface area contributed by atoms with E-state index in [0.717, 1.165) is 30.4 Å². The molecule has 10 rings (SSSR count). The van der Waals surface area contributed by atoms with E-state index in [-0.39, 0.29) is 77.5 Å². The number of ketones is 2. The highest BCUT2D eigenvalue weighted by Crippen LogP contribution is 2.71. The summed E-state index contributed by atoms with van der Waals surface area (Å²) in [4.78, 5) is 27.1. The molecular formula is C61H98O15. The van der Waals surface area contributed by atoms with E-state index in [4.69, 9.17) is 18.9 Å². The van der Waals surface area contributed by atoms with Gasteiger partial charge in [0, 0.05) is 29.1 Å². The second-order valence-corrected chi connectivity index (χ2v) is 29.6. The monoisotopic (exact) mass is 1070 g/mol. The van der Waals surface area contributed by atoms with E-state index in [1.54, 1.807) is 53.7 Å². The van der Waals surface area contributed by atoms with Crippen molar-refractivity contribution in [2.45, 2.75) is 281 Å². The fourth-order valence-corrected chi connectivity index (χ4v) is 18.5. The topological polar surface area (TPSA) is 256 Å². The van der Waals surface area contributed by atoms with Crippen molar-refractivity contribution in [3.05, 3.63) is 23.3 Å². The SMILES string of the molecule is CC(C)(O)CC[C@@H](O)[C@](C)(O)C1CC[C@@]2(O)C3=CC(=O)C4C[C@H]5OC(C)(C)O[C@H]5CC4(C)C3CCC12C.CCC1(O[C@H](CCC(C)(C)O)[C@](C)(O)C2CC[C@@]3(O)C4=CC(=O)C5C[C@@H](O)[C@@H](O)CC5(C)C4CCC23C)CO1. The zero-order valence-corrected chi connectivity index (χ0v) is 48.3. The van der Waals surface area contributed by atoms with Gasteiger partial charge in [-0.3, -0.25) is 9.59 Å². The Bertz CT molecular complexity index is 2310. The molecule has 2 aliphatic heterocycles. The maximum atomic E-state index is 13.6. The minimum atomic E-state index is -1.43. The largest absolute Gasteiger partial charge is 0.390 e. The van der Waals surface area contributed by atoms with Gasteiger partial charge >= 0.3 is 0 Å². The zero-order valence-electron chi connectivity index (χ0n) is 48.3. The molecule has 0 spiro atoms. The van der Waals surface area contributed by atoms with Crippen LogP contribution in [0, 0.1) is 57.2 Å². The number of ether oxygens (including phenoxy) is 4.